The molecule has 0 spiro atoms. The first-order valence-corrected chi connectivity index (χ1v) is 10.4. The Morgan fingerprint density at radius 3 is 2.45 bits per heavy atom. The number of aryl methyl sites for hydroxylation is 2. The number of nitrogens with zero attached hydrogens (tertiary/aromatic N) is 3. The lowest BCUT2D eigenvalue weighted by molar-refractivity contribution is 0.102. The van der Waals surface area contributed by atoms with Gasteiger partial charge >= 0.3 is 0 Å². The number of hydrogen-bond donors (Lipinski definition) is 2. The van der Waals surface area contributed by atoms with Crippen LogP contribution in [0.1, 0.15) is 27.3 Å². The topological polar surface area (TPSA) is 108 Å². The van der Waals surface area contributed by atoms with Crippen LogP contribution in [0.25, 0.3) is 11.4 Å². The Kier molecular flexibility index (Phi) is 5.54. The molecule has 3 aromatic rings. The Hall–Kier alpha value is -3.04. The first kappa shape index (κ1) is 20.7. The monoisotopic (exact) mass is 413 g/mol. The normalized spacial score (nSPS) is 11.7. The number of carbonyl (C=O) groups is 1. The molecule has 1 amide bonds. The third-order valence-corrected chi connectivity index (χ3v) is 6.56. The number of sulfonamides is 1. The van der Waals surface area contributed by atoms with Crippen molar-refractivity contribution in [2.45, 2.75) is 25.7 Å². The average molecular weight is 414 g/mol. The second kappa shape index (κ2) is 7.76. The van der Waals surface area contributed by atoms with Crippen molar-refractivity contribution in [2.24, 2.45) is 0 Å². The summed E-state index contributed by atoms with van der Waals surface area (Å²) in [5.41, 5.74) is 2.93. The minimum Gasteiger partial charge on any atom is -0.322 e. The molecule has 0 saturated carbocycles. The molecule has 0 atom stereocenters. The van der Waals surface area contributed by atoms with Crippen LogP contribution in [0.2, 0.25) is 0 Å². The Bertz CT molecular complexity index is 1180. The average Bonchev–Trinajstić information content (AvgIpc) is 3.10. The number of aromatic nitrogens is 3. The van der Waals surface area contributed by atoms with Gasteiger partial charge in [-0.25, -0.2) is 17.7 Å². The number of amides is 1. The van der Waals surface area contributed by atoms with Gasteiger partial charge in [-0.1, -0.05) is 12.1 Å². The highest BCUT2D eigenvalue weighted by Gasteiger charge is 2.23. The first-order chi connectivity index (χ1) is 13.6. The molecule has 0 bridgehead atoms. The summed E-state index contributed by atoms with van der Waals surface area (Å²) in [6.07, 6.45) is 0. The van der Waals surface area contributed by atoms with Crippen molar-refractivity contribution in [3.63, 3.8) is 0 Å². The van der Waals surface area contributed by atoms with Crippen LogP contribution in [0.15, 0.2) is 41.3 Å². The molecule has 2 N–H and O–H groups in total. The number of nitrogens with one attached hydrogen (secondary N) is 2. The molecule has 0 radical (unpaired) electrons. The summed E-state index contributed by atoms with van der Waals surface area (Å²) in [6.45, 7) is 5.32. The van der Waals surface area contributed by atoms with Crippen LogP contribution in [-0.2, 0) is 10.0 Å². The summed E-state index contributed by atoms with van der Waals surface area (Å²) in [7, 11) is -0.735. The zero-order valence-corrected chi connectivity index (χ0v) is 17.8. The molecule has 29 heavy (non-hydrogen) atoms. The minimum atomic E-state index is -3.67. The van der Waals surface area contributed by atoms with E-state index in [0.717, 1.165) is 15.4 Å². The molecular weight excluding hydrogens is 390 g/mol. The minimum absolute atomic E-state index is 0.123. The molecule has 3 rings (SSSR count). The van der Waals surface area contributed by atoms with Crippen molar-refractivity contribution in [1.82, 2.24) is 19.5 Å². The van der Waals surface area contributed by atoms with Crippen LogP contribution < -0.4 is 5.32 Å². The first-order valence-electron chi connectivity index (χ1n) is 8.94. The van der Waals surface area contributed by atoms with E-state index >= 15 is 0 Å². The van der Waals surface area contributed by atoms with E-state index in [0.29, 0.717) is 22.9 Å². The van der Waals surface area contributed by atoms with Gasteiger partial charge in [-0.2, -0.15) is 5.10 Å². The van der Waals surface area contributed by atoms with Crippen LogP contribution in [0.4, 0.5) is 5.69 Å². The van der Waals surface area contributed by atoms with Crippen LogP contribution in [0, 0.1) is 20.8 Å². The zero-order valence-electron chi connectivity index (χ0n) is 16.9. The summed E-state index contributed by atoms with van der Waals surface area (Å²) < 4.78 is 26.4. The molecule has 0 aliphatic heterocycles. The molecule has 0 saturated heterocycles. The Labute approximate surface area is 170 Å². The third-order valence-electron chi connectivity index (χ3n) is 4.62. The van der Waals surface area contributed by atoms with E-state index in [4.69, 9.17) is 0 Å². The van der Waals surface area contributed by atoms with Gasteiger partial charge in [0.25, 0.3) is 5.91 Å². The maximum absolute atomic E-state index is 12.8. The van der Waals surface area contributed by atoms with Gasteiger partial charge in [-0.15, -0.1) is 0 Å². The molecule has 2 aromatic carbocycles. The fourth-order valence-corrected chi connectivity index (χ4v) is 4.05. The van der Waals surface area contributed by atoms with Gasteiger partial charge < -0.3 is 5.32 Å². The molecule has 1 aromatic heterocycles. The van der Waals surface area contributed by atoms with E-state index < -0.39 is 15.9 Å². The van der Waals surface area contributed by atoms with E-state index in [-0.39, 0.29) is 10.5 Å². The smallest absolute Gasteiger partial charge is 0.255 e. The Balaban J connectivity index is 1.93. The van der Waals surface area contributed by atoms with E-state index in [2.05, 4.69) is 20.5 Å². The van der Waals surface area contributed by atoms with E-state index in [1.165, 1.54) is 20.2 Å². The summed E-state index contributed by atoms with van der Waals surface area (Å²) in [5.74, 6) is 0.829. The van der Waals surface area contributed by atoms with Gasteiger partial charge in [0.15, 0.2) is 5.82 Å². The number of anilines is 1. The molecule has 8 nitrogen and oxygen atoms in total. The maximum atomic E-state index is 12.8. The van der Waals surface area contributed by atoms with Crippen molar-refractivity contribution in [1.29, 1.82) is 0 Å². The van der Waals surface area contributed by atoms with Crippen molar-refractivity contribution in [3.05, 3.63) is 58.9 Å². The fraction of sp³-hybridized carbons (Fsp3) is 0.250. The number of benzene rings is 2. The molecule has 9 heteroatoms. The number of hydrogen-bond acceptors (Lipinski definition) is 5. The van der Waals surface area contributed by atoms with Gasteiger partial charge in [-0.3, -0.25) is 9.89 Å². The number of H-pyrrole nitrogens is 1. The highest BCUT2D eigenvalue weighted by atomic mass is 32.2. The molecule has 0 unspecified atom stereocenters. The van der Waals surface area contributed by atoms with E-state index in [9.17, 15) is 13.2 Å². The second-order valence-electron chi connectivity index (χ2n) is 6.98. The second-order valence-corrected chi connectivity index (χ2v) is 9.10. The summed E-state index contributed by atoms with van der Waals surface area (Å²) in [5, 5.41) is 9.72. The molecule has 1 heterocycles. The molecular formula is C20H23N5O3S. The lowest BCUT2D eigenvalue weighted by atomic mass is 10.1. The van der Waals surface area contributed by atoms with Gasteiger partial charge in [0.1, 0.15) is 5.82 Å². The standard InChI is InChI=1S/C20H23N5O3S/c1-12-9-16(11-18(13(12)2)29(27,28)25(4)5)20(26)22-17-8-6-7-15(10-17)19-21-14(3)23-24-19/h6-11H,1-5H3,(H,22,26)(H,21,23,24). The van der Waals surface area contributed by atoms with Crippen molar-refractivity contribution in [2.75, 3.05) is 19.4 Å². The Morgan fingerprint density at radius 1 is 1.10 bits per heavy atom. The largest absolute Gasteiger partial charge is 0.322 e. The third kappa shape index (κ3) is 4.20. The predicted octanol–water partition coefficient (Wildman–Crippen LogP) is 2.90. The van der Waals surface area contributed by atoms with Gasteiger partial charge in [0.05, 0.1) is 4.90 Å². The number of carbonyl (C=O) groups excluding carboxylic acids is 1. The Morgan fingerprint density at radius 2 is 1.83 bits per heavy atom. The predicted molar refractivity (Wildman–Crippen MR) is 111 cm³/mol. The summed E-state index contributed by atoms with van der Waals surface area (Å²) in [4.78, 5) is 17.2. The zero-order chi connectivity index (χ0) is 21.3. The molecule has 152 valence electrons. The highest BCUT2D eigenvalue weighted by molar-refractivity contribution is 7.89. The van der Waals surface area contributed by atoms with E-state index in [1.54, 1.807) is 45.0 Å². The fourth-order valence-electron chi connectivity index (χ4n) is 2.83. The van der Waals surface area contributed by atoms with Crippen molar-refractivity contribution < 1.29 is 13.2 Å². The van der Waals surface area contributed by atoms with Crippen LogP contribution in [0.5, 0.6) is 0 Å². The molecule has 0 aliphatic carbocycles. The van der Waals surface area contributed by atoms with Gasteiger partial charge in [0, 0.05) is 30.9 Å². The van der Waals surface area contributed by atoms with E-state index in [1.807, 2.05) is 6.07 Å². The highest BCUT2D eigenvalue weighted by Crippen LogP contribution is 2.25. The molecule has 0 fully saturated rings. The van der Waals surface area contributed by atoms with Crippen LogP contribution in [-0.4, -0.2) is 47.9 Å². The molecule has 0 aliphatic rings. The van der Waals surface area contributed by atoms with Crippen LogP contribution >= 0.6 is 0 Å². The summed E-state index contributed by atoms with van der Waals surface area (Å²) >= 11 is 0. The SMILES string of the molecule is Cc1nc(-c2cccc(NC(=O)c3cc(C)c(C)c(S(=O)(=O)N(C)C)c3)c2)n[nH]1. The van der Waals surface area contributed by atoms with Gasteiger partial charge in [-0.05, 0) is 56.2 Å². The summed E-state index contributed by atoms with van der Waals surface area (Å²) in [6, 6.07) is 10.2. The maximum Gasteiger partial charge on any atom is 0.255 e. The lowest BCUT2D eigenvalue weighted by Gasteiger charge is -2.16. The quantitative estimate of drug-likeness (QED) is 0.669. The lowest BCUT2D eigenvalue weighted by Crippen LogP contribution is -2.24. The number of rotatable bonds is 5. The van der Waals surface area contributed by atoms with Gasteiger partial charge in [0.2, 0.25) is 10.0 Å². The number of aromatic amines is 1. The van der Waals surface area contributed by atoms with Crippen molar-refractivity contribution >= 4 is 21.6 Å². The van der Waals surface area contributed by atoms with Crippen molar-refractivity contribution in [3.8, 4) is 11.4 Å². The van der Waals surface area contributed by atoms with Crippen LogP contribution in [0.3, 0.4) is 0 Å².